The largest absolute Gasteiger partial charge is 0.394 e. The molecule has 16 heavy (non-hydrogen) atoms. The standard InChI is InChI=1S/C12H17N3O/c1-2-6-13-11-4-3-5-12-10(11)9-14-15(12)7-8-16/h1,9,11,13,16H,3-8H2. The van der Waals surface area contributed by atoms with Gasteiger partial charge in [-0.05, 0) is 19.3 Å². The Balaban J connectivity index is 2.16. The molecule has 86 valence electrons. The number of aliphatic hydroxyl groups excluding tert-OH is 1. The van der Waals surface area contributed by atoms with E-state index in [1.54, 1.807) is 0 Å². The summed E-state index contributed by atoms with van der Waals surface area (Å²) >= 11 is 0. The number of terminal acetylenes is 1. The van der Waals surface area contributed by atoms with Crippen LogP contribution in [0.4, 0.5) is 0 Å². The van der Waals surface area contributed by atoms with Gasteiger partial charge in [-0.3, -0.25) is 10.00 Å². The molecular weight excluding hydrogens is 202 g/mol. The van der Waals surface area contributed by atoms with Crippen LogP contribution in [0.2, 0.25) is 0 Å². The summed E-state index contributed by atoms with van der Waals surface area (Å²) in [5, 5.41) is 16.6. The first kappa shape index (κ1) is 11.2. The van der Waals surface area contributed by atoms with Crippen LogP contribution < -0.4 is 5.32 Å². The zero-order valence-corrected chi connectivity index (χ0v) is 9.32. The zero-order valence-electron chi connectivity index (χ0n) is 9.32. The molecule has 4 heteroatoms. The molecule has 1 unspecified atom stereocenters. The van der Waals surface area contributed by atoms with Gasteiger partial charge in [0.2, 0.25) is 0 Å². The summed E-state index contributed by atoms with van der Waals surface area (Å²) in [5.74, 6) is 2.60. The summed E-state index contributed by atoms with van der Waals surface area (Å²) in [6.07, 6.45) is 10.5. The minimum Gasteiger partial charge on any atom is -0.394 e. The summed E-state index contributed by atoms with van der Waals surface area (Å²) in [6, 6.07) is 0.326. The second-order valence-electron chi connectivity index (χ2n) is 4.02. The summed E-state index contributed by atoms with van der Waals surface area (Å²) in [7, 11) is 0. The van der Waals surface area contributed by atoms with Crippen LogP contribution in [0.1, 0.15) is 30.1 Å². The Kier molecular flexibility index (Phi) is 3.60. The lowest BCUT2D eigenvalue weighted by Gasteiger charge is -2.23. The van der Waals surface area contributed by atoms with Gasteiger partial charge in [0.15, 0.2) is 0 Å². The normalized spacial score (nSPS) is 19.1. The number of hydrogen-bond donors (Lipinski definition) is 2. The maximum atomic E-state index is 8.94. The molecule has 1 aliphatic rings. The molecule has 0 aliphatic heterocycles. The molecule has 1 heterocycles. The van der Waals surface area contributed by atoms with Crippen molar-refractivity contribution in [2.75, 3.05) is 13.2 Å². The van der Waals surface area contributed by atoms with Crippen LogP contribution in [-0.4, -0.2) is 28.0 Å². The average molecular weight is 219 g/mol. The first-order valence-electron chi connectivity index (χ1n) is 5.69. The molecule has 0 saturated carbocycles. The van der Waals surface area contributed by atoms with Gasteiger partial charge in [-0.25, -0.2) is 0 Å². The van der Waals surface area contributed by atoms with Gasteiger partial charge in [0.05, 0.1) is 25.9 Å². The lowest BCUT2D eigenvalue weighted by atomic mass is 9.93. The number of nitrogens with zero attached hydrogens (tertiary/aromatic N) is 2. The monoisotopic (exact) mass is 219 g/mol. The fraction of sp³-hybridized carbons (Fsp3) is 0.583. The average Bonchev–Trinajstić information content (AvgIpc) is 2.71. The molecular formula is C12H17N3O. The number of fused-ring (bicyclic) bond motifs is 1. The van der Waals surface area contributed by atoms with E-state index >= 15 is 0 Å². The van der Waals surface area contributed by atoms with Crippen LogP contribution in [0.5, 0.6) is 0 Å². The summed E-state index contributed by atoms with van der Waals surface area (Å²) < 4.78 is 1.90. The van der Waals surface area contributed by atoms with E-state index in [1.807, 2.05) is 10.9 Å². The van der Waals surface area contributed by atoms with Crippen molar-refractivity contribution in [3.8, 4) is 12.3 Å². The quantitative estimate of drug-likeness (QED) is 0.724. The predicted octanol–water partition coefficient (Wildman–Crippen LogP) is 0.476. The van der Waals surface area contributed by atoms with E-state index in [9.17, 15) is 0 Å². The molecule has 2 N–H and O–H groups in total. The highest BCUT2D eigenvalue weighted by molar-refractivity contribution is 5.25. The van der Waals surface area contributed by atoms with Crippen molar-refractivity contribution >= 4 is 0 Å². The Morgan fingerprint density at radius 1 is 1.69 bits per heavy atom. The first-order valence-corrected chi connectivity index (χ1v) is 5.69. The van der Waals surface area contributed by atoms with Gasteiger partial charge in [0.25, 0.3) is 0 Å². The van der Waals surface area contributed by atoms with Crippen molar-refractivity contribution in [1.82, 2.24) is 15.1 Å². The second-order valence-corrected chi connectivity index (χ2v) is 4.02. The number of rotatable bonds is 4. The van der Waals surface area contributed by atoms with Gasteiger partial charge >= 0.3 is 0 Å². The fourth-order valence-corrected chi connectivity index (χ4v) is 2.30. The van der Waals surface area contributed by atoms with Crippen molar-refractivity contribution in [3.63, 3.8) is 0 Å². The fourth-order valence-electron chi connectivity index (χ4n) is 2.30. The molecule has 1 aromatic heterocycles. The van der Waals surface area contributed by atoms with E-state index in [-0.39, 0.29) is 6.61 Å². The third-order valence-electron chi connectivity index (χ3n) is 3.03. The van der Waals surface area contributed by atoms with Crippen molar-refractivity contribution in [2.45, 2.75) is 31.8 Å². The summed E-state index contributed by atoms with van der Waals surface area (Å²) in [6.45, 7) is 1.31. The number of hydrogen-bond acceptors (Lipinski definition) is 3. The maximum Gasteiger partial charge on any atom is 0.0644 e. The van der Waals surface area contributed by atoms with Crippen LogP contribution in [0.3, 0.4) is 0 Å². The maximum absolute atomic E-state index is 8.94. The second kappa shape index (κ2) is 5.15. The predicted molar refractivity (Wildman–Crippen MR) is 61.8 cm³/mol. The van der Waals surface area contributed by atoms with E-state index in [1.165, 1.54) is 11.3 Å². The smallest absolute Gasteiger partial charge is 0.0644 e. The van der Waals surface area contributed by atoms with E-state index in [4.69, 9.17) is 11.5 Å². The molecule has 1 aromatic rings. The summed E-state index contributed by atoms with van der Waals surface area (Å²) in [5.41, 5.74) is 2.49. The Hall–Kier alpha value is -1.31. The van der Waals surface area contributed by atoms with Crippen molar-refractivity contribution in [3.05, 3.63) is 17.5 Å². The number of aromatic nitrogens is 2. The molecule has 0 radical (unpaired) electrons. The Bertz CT molecular complexity index is 391. The molecule has 1 atom stereocenters. The highest BCUT2D eigenvalue weighted by atomic mass is 16.3. The summed E-state index contributed by atoms with van der Waals surface area (Å²) in [4.78, 5) is 0. The minimum atomic E-state index is 0.135. The molecule has 1 aliphatic carbocycles. The first-order chi connectivity index (χ1) is 7.86. The third kappa shape index (κ3) is 2.11. The number of nitrogens with one attached hydrogen (secondary N) is 1. The molecule has 0 saturated heterocycles. The Labute approximate surface area is 95.7 Å². The molecule has 0 spiro atoms. The minimum absolute atomic E-state index is 0.135. The molecule has 2 rings (SSSR count). The zero-order chi connectivity index (χ0) is 11.4. The van der Waals surface area contributed by atoms with Gasteiger partial charge in [0, 0.05) is 17.3 Å². The topological polar surface area (TPSA) is 50.1 Å². The lowest BCUT2D eigenvalue weighted by molar-refractivity contribution is 0.266. The van der Waals surface area contributed by atoms with Crippen molar-refractivity contribution < 1.29 is 5.11 Å². The van der Waals surface area contributed by atoms with Crippen LogP contribution in [0.25, 0.3) is 0 Å². The van der Waals surface area contributed by atoms with E-state index < -0.39 is 0 Å². The van der Waals surface area contributed by atoms with Gasteiger partial charge in [-0.15, -0.1) is 6.42 Å². The van der Waals surface area contributed by atoms with Gasteiger partial charge in [0.1, 0.15) is 0 Å². The molecule has 0 fully saturated rings. The van der Waals surface area contributed by atoms with E-state index in [0.717, 1.165) is 19.3 Å². The van der Waals surface area contributed by atoms with Crippen LogP contribution >= 0.6 is 0 Å². The SMILES string of the molecule is C#CCNC1CCCc2c1cnn2CCO. The van der Waals surface area contributed by atoms with E-state index in [0.29, 0.717) is 19.1 Å². The Morgan fingerprint density at radius 3 is 3.31 bits per heavy atom. The van der Waals surface area contributed by atoms with Gasteiger partial charge in [-0.2, -0.15) is 5.10 Å². The third-order valence-corrected chi connectivity index (χ3v) is 3.03. The van der Waals surface area contributed by atoms with Crippen LogP contribution in [0.15, 0.2) is 6.20 Å². The van der Waals surface area contributed by atoms with E-state index in [2.05, 4.69) is 16.3 Å². The van der Waals surface area contributed by atoms with Crippen LogP contribution in [0, 0.1) is 12.3 Å². The van der Waals surface area contributed by atoms with Crippen molar-refractivity contribution in [1.29, 1.82) is 0 Å². The number of aliphatic hydroxyl groups is 1. The molecule has 0 aromatic carbocycles. The molecule has 4 nitrogen and oxygen atoms in total. The van der Waals surface area contributed by atoms with Gasteiger partial charge in [-0.1, -0.05) is 5.92 Å². The highest BCUT2D eigenvalue weighted by Crippen LogP contribution is 2.29. The molecule has 0 bridgehead atoms. The Morgan fingerprint density at radius 2 is 2.56 bits per heavy atom. The van der Waals surface area contributed by atoms with Crippen LogP contribution in [-0.2, 0) is 13.0 Å². The lowest BCUT2D eigenvalue weighted by Crippen LogP contribution is -2.25. The highest BCUT2D eigenvalue weighted by Gasteiger charge is 2.23. The molecule has 0 amide bonds. The van der Waals surface area contributed by atoms with Crippen molar-refractivity contribution in [2.24, 2.45) is 0 Å². The van der Waals surface area contributed by atoms with Gasteiger partial charge < -0.3 is 5.11 Å².